The molecule has 1 saturated carbocycles. The highest BCUT2D eigenvalue weighted by atomic mass is 16.2. The number of hydrogen-bond donors (Lipinski definition) is 1. The van der Waals surface area contributed by atoms with Gasteiger partial charge in [-0.3, -0.25) is 4.79 Å². The van der Waals surface area contributed by atoms with Crippen LogP contribution in [0.2, 0.25) is 0 Å². The number of likely N-dealkylation sites (tertiary alicyclic amines) is 1. The second-order valence-corrected chi connectivity index (χ2v) is 5.45. The summed E-state index contributed by atoms with van der Waals surface area (Å²) in [5.74, 6) is 0.327. The first-order chi connectivity index (χ1) is 7.71. The number of likely N-dealkylation sites (N-methyl/N-ethyl adjacent to an activating group) is 1. The zero-order chi connectivity index (χ0) is 11.6. The minimum Gasteiger partial charge on any atom is -0.341 e. The van der Waals surface area contributed by atoms with Crippen LogP contribution < -0.4 is 5.32 Å². The van der Waals surface area contributed by atoms with Crippen LogP contribution in [0.15, 0.2) is 0 Å². The maximum Gasteiger partial charge on any atom is 0.239 e. The molecular weight excluding hydrogens is 200 g/mol. The van der Waals surface area contributed by atoms with E-state index in [2.05, 4.69) is 17.1 Å². The molecular formula is C13H24N2O. The van der Waals surface area contributed by atoms with E-state index in [1.807, 2.05) is 7.05 Å². The predicted octanol–water partition coefficient (Wildman–Crippen LogP) is 1.78. The zero-order valence-electron chi connectivity index (χ0n) is 10.6. The van der Waals surface area contributed by atoms with Crippen LogP contribution in [0.4, 0.5) is 0 Å². The van der Waals surface area contributed by atoms with E-state index < -0.39 is 0 Å². The van der Waals surface area contributed by atoms with Crippen molar-refractivity contribution in [1.29, 1.82) is 0 Å². The van der Waals surface area contributed by atoms with Crippen molar-refractivity contribution in [3.63, 3.8) is 0 Å². The normalized spacial score (nSPS) is 29.0. The van der Waals surface area contributed by atoms with Crippen molar-refractivity contribution in [3.05, 3.63) is 0 Å². The number of nitrogens with zero attached hydrogens (tertiary/aromatic N) is 1. The maximum absolute atomic E-state index is 12.2. The Bertz CT molecular complexity index is 255. The molecule has 1 atom stereocenters. The van der Waals surface area contributed by atoms with Crippen molar-refractivity contribution in [1.82, 2.24) is 10.2 Å². The average molecular weight is 224 g/mol. The van der Waals surface area contributed by atoms with Gasteiger partial charge in [0.2, 0.25) is 5.91 Å². The highest BCUT2D eigenvalue weighted by Crippen LogP contribution is 2.44. The van der Waals surface area contributed by atoms with Crippen LogP contribution >= 0.6 is 0 Å². The lowest BCUT2D eigenvalue weighted by Gasteiger charge is -2.46. The van der Waals surface area contributed by atoms with Crippen molar-refractivity contribution in [2.45, 2.75) is 51.5 Å². The van der Waals surface area contributed by atoms with Gasteiger partial charge in [-0.1, -0.05) is 13.3 Å². The third-order valence-electron chi connectivity index (χ3n) is 4.57. The highest BCUT2D eigenvalue weighted by Gasteiger charge is 2.39. The second kappa shape index (κ2) is 4.74. The molecule has 0 aromatic heterocycles. The zero-order valence-corrected chi connectivity index (χ0v) is 10.6. The first-order valence-electron chi connectivity index (χ1n) is 6.67. The molecule has 0 aromatic carbocycles. The van der Waals surface area contributed by atoms with E-state index in [4.69, 9.17) is 0 Å². The summed E-state index contributed by atoms with van der Waals surface area (Å²) in [6.45, 7) is 4.24. The number of carbonyl (C=O) groups excluding carboxylic acids is 1. The van der Waals surface area contributed by atoms with Gasteiger partial charge in [-0.15, -0.1) is 0 Å². The van der Waals surface area contributed by atoms with Crippen LogP contribution in [-0.4, -0.2) is 37.0 Å². The van der Waals surface area contributed by atoms with E-state index >= 15 is 0 Å². The molecule has 92 valence electrons. The third-order valence-corrected chi connectivity index (χ3v) is 4.57. The molecule has 0 radical (unpaired) electrons. The molecule has 1 aliphatic heterocycles. The molecule has 1 aliphatic carbocycles. The molecule has 3 nitrogen and oxygen atoms in total. The lowest BCUT2D eigenvalue weighted by Crippen LogP contribution is -2.53. The Morgan fingerprint density at radius 1 is 1.44 bits per heavy atom. The van der Waals surface area contributed by atoms with E-state index in [1.165, 1.54) is 25.7 Å². The Labute approximate surface area is 98.6 Å². The average Bonchev–Trinajstić information content (AvgIpc) is 2.25. The van der Waals surface area contributed by atoms with Gasteiger partial charge in [0.25, 0.3) is 0 Å². The molecule has 1 saturated heterocycles. The Morgan fingerprint density at radius 2 is 2.19 bits per heavy atom. The summed E-state index contributed by atoms with van der Waals surface area (Å²) in [5.41, 5.74) is 0.464. The van der Waals surface area contributed by atoms with Crippen molar-refractivity contribution in [2.24, 2.45) is 5.41 Å². The highest BCUT2D eigenvalue weighted by molar-refractivity contribution is 5.82. The van der Waals surface area contributed by atoms with Crippen LogP contribution in [0.3, 0.4) is 0 Å². The minimum absolute atomic E-state index is 0.0720. The molecule has 3 heteroatoms. The SMILES string of the molecule is CCC1(CN2CCCC(NC)C2=O)CCC1. The van der Waals surface area contributed by atoms with Crippen LogP contribution in [0.5, 0.6) is 0 Å². The van der Waals surface area contributed by atoms with E-state index in [0.29, 0.717) is 11.3 Å². The summed E-state index contributed by atoms with van der Waals surface area (Å²) in [6, 6.07) is 0.0720. The minimum atomic E-state index is 0.0720. The Balaban J connectivity index is 1.95. The molecule has 1 amide bonds. The molecule has 0 bridgehead atoms. The van der Waals surface area contributed by atoms with E-state index in [9.17, 15) is 4.79 Å². The molecule has 0 spiro atoms. The Kier molecular flexibility index (Phi) is 3.53. The van der Waals surface area contributed by atoms with Crippen LogP contribution in [0.1, 0.15) is 45.4 Å². The summed E-state index contributed by atoms with van der Waals surface area (Å²) in [4.78, 5) is 14.3. The molecule has 0 aromatic rings. The molecule has 1 unspecified atom stereocenters. The fourth-order valence-corrected chi connectivity index (χ4v) is 3.07. The number of nitrogens with one attached hydrogen (secondary N) is 1. The van der Waals surface area contributed by atoms with Gasteiger partial charge in [0.15, 0.2) is 0 Å². The maximum atomic E-state index is 12.2. The van der Waals surface area contributed by atoms with Crippen molar-refractivity contribution in [2.75, 3.05) is 20.1 Å². The summed E-state index contributed by atoms with van der Waals surface area (Å²) in [6.07, 6.45) is 7.36. The number of piperidine rings is 1. The van der Waals surface area contributed by atoms with Gasteiger partial charge in [-0.2, -0.15) is 0 Å². The van der Waals surface area contributed by atoms with E-state index in [0.717, 1.165) is 25.9 Å². The topological polar surface area (TPSA) is 32.3 Å². The first kappa shape index (κ1) is 11.9. The molecule has 2 rings (SSSR count). The van der Waals surface area contributed by atoms with Gasteiger partial charge in [-0.25, -0.2) is 0 Å². The van der Waals surface area contributed by atoms with Crippen molar-refractivity contribution < 1.29 is 4.79 Å². The summed E-state index contributed by atoms with van der Waals surface area (Å²) in [5, 5.41) is 3.13. The summed E-state index contributed by atoms with van der Waals surface area (Å²) in [7, 11) is 1.89. The van der Waals surface area contributed by atoms with Crippen LogP contribution in [-0.2, 0) is 4.79 Å². The largest absolute Gasteiger partial charge is 0.341 e. The first-order valence-corrected chi connectivity index (χ1v) is 6.67. The standard InChI is InChI=1S/C13H24N2O/c1-3-13(7-5-8-13)10-15-9-4-6-11(14-2)12(15)16/h11,14H,3-10H2,1-2H3. The number of carbonyl (C=O) groups is 1. The van der Waals surface area contributed by atoms with Crippen LogP contribution in [0, 0.1) is 5.41 Å². The lowest BCUT2D eigenvalue weighted by atomic mass is 9.66. The monoisotopic (exact) mass is 224 g/mol. The van der Waals surface area contributed by atoms with Gasteiger partial charge < -0.3 is 10.2 Å². The fourth-order valence-electron chi connectivity index (χ4n) is 3.07. The molecule has 2 aliphatic rings. The summed E-state index contributed by atoms with van der Waals surface area (Å²) < 4.78 is 0. The fraction of sp³-hybridized carbons (Fsp3) is 0.923. The van der Waals surface area contributed by atoms with Gasteiger partial charge >= 0.3 is 0 Å². The molecule has 16 heavy (non-hydrogen) atoms. The number of rotatable bonds is 4. The Hall–Kier alpha value is -0.570. The van der Waals surface area contributed by atoms with Crippen molar-refractivity contribution in [3.8, 4) is 0 Å². The summed E-state index contributed by atoms with van der Waals surface area (Å²) >= 11 is 0. The smallest absolute Gasteiger partial charge is 0.239 e. The van der Waals surface area contributed by atoms with Crippen LogP contribution in [0.25, 0.3) is 0 Å². The van der Waals surface area contributed by atoms with Gasteiger partial charge in [-0.05, 0) is 44.6 Å². The predicted molar refractivity (Wildman–Crippen MR) is 65.2 cm³/mol. The third kappa shape index (κ3) is 2.10. The van der Waals surface area contributed by atoms with E-state index in [1.54, 1.807) is 0 Å². The van der Waals surface area contributed by atoms with Gasteiger partial charge in [0.1, 0.15) is 0 Å². The van der Waals surface area contributed by atoms with E-state index in [-0.39, 0.29) is 6.04 Å². The quantitative estimate of drug-likeness (QED) is 0.789. The second-order valence-electron chi connectivity index (χ2n) is 5.45. The van der Waals surface area contributed by atoms with Gasteiger partial charge in [0, 0.05) is 13.1 Å². The lowest BCUT2D eigenvalue weighted by molar-refractivity contribution is -0.138. The number of hydrogen-bond acceptors (Lipinski definition) is 2. The Morgan fingerprint density at radius 3 is 2.69 bits per heavy atom. The number of amides is 1. The van der Waals surface area contributed by atoms with Gasteiger partial charge in [0.05, 0.1) is 6.04 Å². The van der Waals surface area contributed by atoms with Crippen molar-refractivity contribution >= 4 is 5.91 Å². The molecule has 2 fully saturated rings. The molecule has 1 N–H and O–H groups in total. The molecule has 1 heterocycles.